The highest BCUT2D eigenvalue weighted by Crippen LogP contribution is 2.24. The van der Waals surface area contributed by atoms with Crippen LogP contribution in [-0.2, 0) is 11.3 Å². The molecule has 0 aromatic heterocycles. The van der Waals surface area contributed by atoms with E-state index in [0.717, 1.165) is 6.07 Å². The molecule has 168 valence electrons. The first-order valence-electron chi connectivity index (χ1n) is 10.0. The summed E-state index contributed by atoms with van der Waals surface area (Å²) in [6.07, 6.45) is 0. The van der Waals surface area contributed by atoms with Crippen molar-refractivity contribution in [1.82, 2.24) is 0 Å². The van der Waals surface area contributed by atoms with Crippen LogP contribution >= 0.6 is 0 Å². The highest BCUT2D eigenvalue weighted by Gasteiger charge is 2.13. The number of benzene rings is 4. The van der Waals surface area contributed by atoms with Crippen molar-refractivity contribution in [2.75, 3.05) is 7.11 Å². The SMILES string of the molecule is COCc1ccc(C#Cc2ccc(C#Cc3ccc4c(F)c(F)c(F)cc4c3)c(F)c2)c(F)c1. The van der Waals surface area contributed by atoms with Crippen LogP contribution in [0.5, 0.6) is 0 Å². The molecule has 0 spiro atoms. The van der Waals surface area contributed by atoms with Gasteiger partial charge in [0.1, 0.15) is 11.6 Å². The van der Waals surface area contributed by atoms with E-state index >= 15 is 0 Å². The fourth-order valence-electron chi connectivity index (χ4n) is 3.27. The first kappa shape index (κ1) is 23.0. The molecule has 4 rings (SSSR count). The van der Waals surface area contributed by atoms with Crippen molar-refractivity contribution in [3.63, 3.8) is 0 Å². The van der Waals surface area contributed by atoms with Crippen LogP contribution in [-0.4, -0.2) is 7.11 Å². The lowest BCUT2D eigenvalue weighted by Crippen LogP contribution is -1.92. The zero-order chi connectivity index (χ0) is 24.2. The van der Waals surface area contributed by atoms with E-state index in [-0.39, 0.29) is 28.5 Å². The Morgan fingerprint density at radius 1 is 0.618 bits per heavy atom. The summed E-state index contributed by atoms with van der Waals surface area (Å²) in [6, 6.07) is 13.7. The van der Waals surface area contributed by atoms with Gasteiger partial charge in [0, 0.05) is 23.6 Å². The predicted molar refractivity (Wildman–Crippen MR) is 119 cm³/mol. The fraction of sp³-hybridized carbons (Fsp3) is 0.0714. The summed E-state index contributed by atoms with van der Waals surface area (Å²) >= 11 is 0. The third kappa shape index (κ3) is 4.93. The third-order valence-corrected chi connectivity index (χ3v) is 4.97. The third-order valence-electron chi connectivity index (χ3n) is 4.97. The Morgan fingerprint density at radius 2 is 1.24 bits per heavy atom. The lowest BCUT2D eigenvalue weighted by atomic mass is 10.1. The molecule has 0 saturated heterocycles. The van der Waals surface area contributed by atoms with Gasteiger partial charge in [0.05, 0.1) is 17.7 Å². The van der Waals surface area contributed by atoms with E-state index in [1.54, 1.807) is 12.1 Å². The molecule has 1 nitrogen and oxygen atoms in total. The average molecular weight is 462 g/mol. The zero-order valence-electron chi connectivity index (χ0n) is 17.8. The monoisotopic (exact) mass is 462 g/mol. The minimum Gasteiger partial charge on any atom is -0.380 e. The molecule has 0 radical (unpaired) electrons. The first-order valence-corrected chi connectivity index (χ1v) is 10.0. The summed E-state index contributed by atoms with van der Waals surface area (Å²) in [4.78, 5) is 0. The molecule has 0 atom stereocenters. The molecule has 0 aliphatic carbocycles. The Kier molecular flexibility index (Phi) is 6.63. The molecule has 0 fully saturated rings. The summed E-state index contributed by atoms with van der Waals surface area (Å²) in [5.41, 5.74) is 1.63. The van der Waals surface area contributed by atoms with Crippen molar-refractivity contribution in [3.8, 4) is 23.7 Å². The maximum Gasteiger partial charge on any atom is 0.195 e. The number of halogens is 5. The van der Waals surface area contributed by atoms with Crippen molar-refractivity contribution >= 4 is 10.8 Å². The quantitative estimate of drug-likeness (QED) is 0.188. The largest absolute Gasteiger partial charge is 0.380 e. The van der Waals surface area contributed by atoms with Crippen LogP contribution < -0.4 is 0 Å². The molecule has 0 saturated carbocycles. The number of hydrogen-bond acceptors (Lipinski definition) is 1. The molecule has 34 heavy (non-hydrogen) atoms. The molecule has 4 aromatic rings. The van der Waals surface area contributed by atoms with Gasteiger partial charge in [-0.3, -0.25) is 0 Å². The summed E-state index contributed by atoms with van der Waals surface area (Å²) in [5.74, 6) is 5.53. The average Bonchev–Trinajstić information content (AvgIpc) is 2.81. The Bertz CT molecular complexity index is 1530. The number of rotatable bonds is 2. The number of methoxy groups -OCH3 is 1. The van der Waals surface area contributed by atoms with Crippen molar-refractivity contribution < 1.29 is 26.7 Å². The summed E-state index contributed by atoms with van der Waals surface area (Å²) in [7, 11) is 1.51. The number of fused-ring (bicyclic) bond motifs is 1. The molecule has 0 bridgehead atoms. The van der Waals surface area contributed by atoms with Gasteiger partial charge in [-0.05, 0) is 59.5 Å². The van der Waals surface area contributed by atoms with E-state index < -0.39 is 29.1 Å². The number of hydrogen-bond donors (Lipinski definition) is 0. The van der Waals surface area contributed by atoms with Gasteiger partial charge >= 0.3 is 0 Å². The minimum absolute atomic E-state index is 0.0802. The maximum absolute atomic E-state index is 14.5. The Hall–Kier alpha value is -4.13. The van der Waals surface area contributed by atoms with Gasteiger partial charge in [-0.15, -0.1) is 0 Å². The Labute approximate surface area is 192 Å². The van der Waals surface area contributed by atoms with Crippen LogP contribution in [0.25, 0.3) is 10.8 Å². The van der Waals surface area contributed by atoms with Crippen LogP contribution in [0.2, 0.25) is 0 Å². The van der Waals surface area contributed by atoms with E-state index in [2.05, 4.69) is 23.7 Å². The van der Waals surface area contributed by atoms with Crippen molar-refractivity contribution in [3.05, 3.63) is 118 Å². The Morgan fingerprint density at radius 3 is 1.88 bits per heavy atom. The number of ether oxygens (including phenoxy) is 1. The lowest BCUT2D eigenvalue weighted by Gasteiger charge is -2.02. The minimum atomic E-state index is -1.54. The Balaban J connectivity index is 1.57. The van der Waals surface area contributed by atoms with Gasteiger partial charge in [-0.25, -0.2) is 22.0 Å². The molecular formula is C28H15F5O. The highest BCUT2D eigenvalue weighted by atomic mass is 19.2. The molecule has 0 N–H and O–H groups in total. The van der Waals surface area contributed by atoms with E-state index in [0.29, 0.717) is 16.7 Å². The van der Waals surface area contributed by atoms with Crippen molar-refractivity contribution in [2.24, 2.45) is 0 Å². The summed E-state index contributed by atoms with van der Waals surface area (Å²) in [6.45, 7) is 0.282. The molecule has 4 aromatic carbocycles. The van der Waals surface area contributed by atoms with Crippen molar-refractivity contribution in [1.29, 1.82) is 0 Å². The highest BCUT2D eigenvalue weighted by molar-refractivity contribution is 5.84. The summed E-state index contributed by atoms with van der Waals surface area (Å²) in [5, 5.41) is 0.0557. The smallest absolute Gasteiger partial charge is 0.195 e. The second-order valence-corrected chi connectivity index (χ2v) is 7.36. The summed E-state index contributed by atoms with van der Waals surface area (Å²) < 4.78 is 74.3. The second kappa shape index (κ2) is 9.79. The lowest BCUT2D eigenvalue weighted by molar-refractivity contribution is 0.184. The topological polar surface area (TPSA) is 9.23 Å². The second-order valence-electron chi connectivity index (χ2n) is 7.36. The van der Waals surface area contributed by atoms with Crippen LogP contribution in [0.1, 0.15) is 27.8 Å². The van der Waals surface area contributed by atoms with Gasteiger partial charge < -0.3 is 4.74 Å². The van der Waals surface area contributed by atoms with E-state index in [9.17, 15) is 22.0 Å². The van der Waals surface area contributed by atoms with Crippen LogP contribution in [0.4, 0.5) is 22.0 Å². The molecule has 0 unspecified atom stereocenters. The first-order chi connectivity index (χ1) is 16.4. The van der Waals surface area contributed by atoms with Crippen LogP contribution in [0, 0.1) is 52.8 Å². The molecule has 0 amide bonds. The van der Waals surface area contributed by atoms with Gasteiger partial charge in [-0.2, -0.15) is 0 Å². The van der Waals surface area contributed by atoms with Gasteiger partial charge in [0.2, 0.25) is 0 Å². The molecular weight excluding hydrogens is 447 g/mol. The standard InChI is InChI=1S/C28H15F5O/c1-34-16-19-5-10-21(25(30)14-19)9-4-18-3-8-20(24(29)13-18)7-2-17-6-11-23-22(12-17)15-26(31)28(33)27(23)32/h3,5-6,8,10-15H,16H2,1H3. The molecule has 0 aliphatic heterocycles. The normalized spacial score (nSPS) is 10.4. The van der Waals surface area contributed by atoms with E-state index in [1.807, 2.05) is 0 Å². The maximum atomic E-state index is 14.5. The molecule has 0 heterocycles. The van der Waals surface area contributed by atoms with Gasteiger partial charge in [0.25, 0.3) is 0 Å². The predicted octanol–water partition coefficient (Wildman–Crippen LogP) is 6.48. The molecule has 0 aliphatic rings. The zero-order valence-corrected chi connectivity index (χ0v) is 17.8. The van der Waals surface area contributed by atoms with Crippen LogP contribution in [0.15, 0.2) is 60.7 Å². The molecule has 6 heteroatoms. The fourth-order valence-corrected chi connectivity index (χ4v) is 3.27. The van der Waals surface area contributed by atoms with Crippen LogP contribution in [0.3, 0.4) is 0 Å². The van der Waals surface area contributed by atoms with E-state index in [4.69, 9.17) is 4.74 Å². The van der Waals surface area contributed by atoms with Gasteiger partial charge in [0.15, 0.2) is 17.5 Å². The van der Waals surface area contributed by atoms with Gasteiger partial charge in [-0.1, -0.05) is 35.8 Å². The van der Waals surface area contributed by atoms with Crippen molar-refractivity contribution in [2.45, 2.75) is 6.61 Å². The van der Waals surface area contributed by atoms with E-state index in [1.165, 1.54) is 49.6 Å².